The quantitative estimate of drug-likeness (QED) is 0.411. The van der Waals surface area contributed by atoms with Crippen LogP contribution in [-0.2, 0) is 0 Å². The fourth-order valence-electron chi connectivity index (χ4n) is 2.74. The first-order valence-electron chi connectivity index (χ1n) is 9.27. The van der Waals surface area contributed by atoms with E-state index < -0.39 is 0 Å². The number of benzene rings is 1. The van der Waals surface area contributed by atoms with E-state index in [0.717, 1.165) is 17.1 Å². The van der Waals surface area contributed by atoms with Gasteiger partial charge in [-0.3, -0.25) is 0 Å². The normalized spacial score (nSPS) is 14.1. The largest absolute Gasteiger partial charge is 0.311 e. The van der Waals surface area contributed by atoms with Crippen LogP contribution in [0.15, 0.2) is 121 Å². The highest BCUT2D eigenvalue weighted by atomic mass is 15.2. The van der Waals surface area contributed by atoms with Crippen LogP contribution >= 0.6 is 0 Å². The molecule has 0 N–H and O–H groups in total. The van der Waals surface area contributed by atoms with E-state index in [2.05, 4.69) is 85.7 Å². The van der Waals surface area contributed by atoms with Crippen LogP contribution in [0.5, 0.6) is 0 Å². The number of hydrogen-bond acceptors (Lipinski definition) is 1. The molecule has 0 aliphatic carbocycles. The summed E-state index contributed by atoms with van der Waals surface area (Å²) in [6, 6.07) is 10.4. The van der Waals surface area contributed by atoms with E-state index in [4.69, 9.17) is 0 Å². The van der Waals surface area contributed by atoms with Gasteiger partial charge in [0, 0.05) is 17.1 Å². The molecule has 0 radical (unpaired) electrons. The molecule has 0 saturated heterocycles. The molecular weight excluding hydrogens is 326 g/mol. The maximum Gasteiger partial charge on any atom is 0.0455 e. The molecule has 1 aromatic carbocycles. The topological polar surface area (TPSA) is 3.24 Å². The molecule has 1 aromatic rings. The predicted octanol–water partition coefficient (Wildman–Crippen LogP) is 7.59. The molecule has 1 nitrogen and oxygen atoms in total. The van der Waals surface area contributed by atoms with Gasteiger partial charge in [0.25, 0.3) is 0 Å². The van der Waals surface area contributed by atoms with Gasteiger partial charge >= 0.3 is 0 Å². The Kier molecular flexibility index (Phi) is 10.0. The molecule has 0 heterocycles. The van der Waals surface area contributed by atoms with E-state index in [9.17, 15) is 0 Å². The Bertz CT molecular complexity index is 796. The summed E-state index contributed by atoms with van der Waals surface area (Å²) < 4.78 is 0. The van der Waals surface area contributed by atoms with Crippen molar-refractivity contribution in [3.8, 4) is 0 Å². The number of rotatable bonds is 9. The van der Waals surface area contributed by atoms with E-state index in [1.165, 1.54) is 11.1 Å². The van der Waals surface area contributed by atoms with Crippen LogP contribution in [-0.4, -0.2) is 4.90 Å². The lowest BCUT2D eigenvalue weighted by Crippen LogP contribution is -2.19. The van der Waals surface area contributed by atoms with E-state index in [1.54, 1.807) is 6.08 Å². The first-order chi connectivity index (χ1) is 13.2. The first kappa shape index (κ1) is 22.0. The van der Waals surface area contributed by atoms with Gasteiger partial charge in [-0.25, -0.2) is 0 Å². The van der Waals surface area contributed by atoms with E-state index >= 15 is 0 Å². The number of hydrogen-bond donors (Lipinski definition) is 0. The van der Waals surface area contributed by atoms with Crippen molar-refractivity contribution in [1.82, 2.24) is 4.90 Å². The van der Waals surface area contributed by atoms with Crippen molar-refractivity contribution in [3.05, 3.63) is 127 Å². The van der Waals surface area contributed by atoms with Gasteiger partial charge in [-0.05, 0) is 63.1 Å². The second-order valence-corrected chi connectivity index (χ2v) is 5.74. The van der Waals surface area contributed by atoms with Crippen molar-refractivity contribution < 1.29 is 0 Å². The van der Waals surface area contributed by atoms with Gasteiger partial charge in [-0.1, -0.05) is 79.9 Å². The van der Waals surface area contributed by atoms with Crippen LogP contribution in [0.1, 0.15) is 33.3 Å². The molecule has 0 bridgehead atoms. The first-order valence-corrected chi connectivity index (χ1v) is 9.27. The summed E-state index contributed by atoms with van der Waals surface area (Å²) in [6.07, 6.45) is 20.3. The average molecular weight is 358 g/mol. The van der Waals surface area contributed by atoms with E-state index in [-0.39, 0.29) is 0 Å². The summed E-state index contributed by atoms with van der Waals surface area (Å²) in [4.78, 5) is 2.17. The Morgan fingerprint density at radius 1 is 0.778 bits per heavy atom. The van der Waals surface area contributed by atoms with Crippen LogP contribution < -0.4 is 0 Å². The zero-order chi connectivity index (χ0) is 20.1. The van der Waals surface area contributed by atoms with E-state index in [1.807, 2.05) is 45.1 Å². The molecule has 0 amide bonds. The summed E-state index contributed by atoms with van der Waals surface area (Å²) in [5.41, 5.74) is 5.48. The highest BCUT2D eigenvalue weighted by Gasteiger charge is 2.13. The average Bonchev–Trinajstić information content (AvgIpc) is 2.71. The molecule has 0 fully saturated rings. The molecular formula is C26H31N. The van der Waals surface area contributed by atoms with Crippen LogP contribution in [0, 0.1) is 0 Å². The Morgan fingerprint density at radius 3 is 1.89 bits per heavy atom. The lowest BCUT2D eigenvalue weighted by Gasteiger charge is -2.28. The lowest BCUT2D eigenvalue weighted by atomic mass is 10.0. The second-order valence-electron chi connectivity index (χ2n) is 5.74. The maximum absolute atomic E-state index is 3.98. The van der Waals surface area contributed by atoms with Gasteiger partial charge in [0.1, 0.15) is 0 Å². The van der Waals surface area contributed by atoms with E-state index in [0.29, 0.717) is 0 Å². The minimum Gasteiger partial charge on any atom is -0.311 e. The number of allylic oxidation sites excluding steroid dienone is 11. The Labute approximate surface area is 165 Å². The highest BCUT2D eigenvalue weighted by molar-refractivity contribution is 5.74. The third kappa shape index (κ3) is 6.31. The molecule has 0 saturated carbocycles. The standard InChI is InChI=1S/C26H31N/c1-7-16-24(10-4)27(25(11-5)17-8-2)26(12-6)21-20-22(9-3)23-18-14-13-15-19-23/h7-21H,1,4H2,2-3,5-6H3/b17-8-,21-20-,22-9+,24-16+,25-11+,26-12+. The van der Waals surface area contributed by atoms with Crippen LogP contribution in [0.3, 0.4) is 0 Å². The van der Waals surface area contributed by atoms with Gasteiger partial charge < -0.3 is 4.90 Å². The van der Waals surface area contributed by atoms with Gasteiger partial charge in [0.2, 0.25) is 0 Å². The molecule has 0 aromatic heterocycles. The summed E-state index contributed by atoms with van der Waals surface area (Å²) in [6.45, 7) is 16.0. The zero-order valence-electron chi connectivity index (χ0n) is 17.0. The summed E-state index contributed by atoms with van der Waals surface area (Å²) >= 11 is 0. The summed E-state index contributed by atoms with van der Waals surface area (Å²) in [5.74, 6) is 0. The SMILES string of the molecule is C=C/C=C(\C=C)N(C(/C=C\C)=C/C)C(/C=C\C(=C/C)c1ccccc1)=C/C. The van der Waals surface area contributed by atoms with Crippen molar-refractivity contribution in [2.45, 2.75) is 27.7 Å². The zero-order valence-corrected chi connectivity index (χ0v) is 17.0. The summed E-state index contributed by atoms with van der Waals surface area (Å²) in [7, 11) is 0. The Morgan fingerprint density at radius 2 is 1.41 bits per heavy atom. The Hall–Kier alpha value is -3.06. The van der Waals surface area contributed by atoms with Crippen molar-refractivity contribution in [2.75, 3.05) is 0 Å². The van der Waals surface area contributed by atoms with Crippen molar-refractivity contribution >= 4 is 5.57 Å². The molecule has 0 unspecified atom stereocenters. The van der Waals surface area contributed by atoms with Crippen LogP contribution in [0.2, 0.25) is 0 Å². The molecule has 0 aliphatic rings. The van der Waals surface area contributed by atoms with Crippen LogP contribution in [0.25, 0.3) is 5.57 Å². The fourth-order valence-corrected chi connectivity index (χ4v) is 2.74. The van der Waals surface area contributed by atoms with Crippen molar-refractivity contribution in [1.29, 1.82) is 0 Å². The minimum absolute atomic E-state index is 0.968. The monoisotopic (exact) mass is 357 g/mol. The fraction of sp³-hybridized carbons (Fsp3) is 0.154. The third-order valence-corrected chi connectivity index (χ3v) is 4.05. The minimum atomic E-state index is 0.968. The van der Waals surface area contributed by atoms with Gasteiger partial charge in [0.15, 0.2) is 0 Å². The van der Waals surface area contributed by atoms with Gasteiger partial charge in [-0.15, -0.1) is 0 Å². The molecule has 1 rings (SSSR count). The molecule has 0 spiro atoms. The molecule has 27 heavy (non-hydrogen) atoms. The molecule has 1 heteroatoms. The van der Waals surface area contributed by atoms with Crippen LogP contribution in [0.4, 0.5) is 0 Å². The summed E-state index contributed by atoms with van der Waals surface area (Å²) in [5, 5.41) is 0. The van der Waals surface area contributed by atoms with Gasteiger partial charge in [-0.2, -0.15) is 0 Å². The number of nitrogens with zero attached hydrogens (tertiary/aromatic N) is 1. The molecule has 0 aliphatic heterocycles. The lowest BCUT2D eigenvalue weighted by molar-refractivity contribution is 0.575. The van der Waals surface area contributed by atoms with Gasteiger partial charge in [0.05, 0.1) is 0 Å². The van der Waals surface area contributed by atoms with Crippen molar-refractivity contribution in [3.63, 3.8) is 0 Å². The Balaban J connectivity index is 3.39. The second kappa shape index (κ2) is 12.3. The van der Waals surface area contributed by atoms with Crippen molar-refractivity contribution in [2.24, 2.45) is 0 Å². The predicted molar refractivity (Wildman–Crippen MR) is 122 cm³/mol. The highest BCUT2D eigenvalue weighted by Crippen LogP contribution is 2.25. The third-order valence-electron chi connectivity index (χ3n) is 4.05. The molecule has 140 valence electrons. The maximum atomic E-state index is 3.98. The molecule has 0 atom stereocenters. The smallest absolute Gasteiger partial charge is 0.0455 e.